The second-order valence-electron chi connectivity index (χ2n) is 4.13. The van der Waals surface area contributed by atoms with Gasteiger partial charge in [-0.15, -0.1) is 0 Å². The number of anilines is 1. The third kappa shape index (κ3) is 3.17. The molecule has 0 radical (unpaired) electrons. The summed E-state index contributed by atoms with van der Waals surface area (Å²) in [4.78, 5) is 0. The van der Waals surface area contributed by atoms with Gasteiger partial charge in [-0.05, 0) is 30.7 Å². The summed E-state index contributed by atoms with van der Waals surface area (Å²) in [5.74, 6) is -1.26. The average molecular weight is 302 g/mol. The Hall–Kier alpha value is -1.32. The van der Waals surface area contributed by atoms with Gasteiger partial charge in [0.05, 0.1) is 21.8 Å². The van der Waals surface area contributed by atoms with Gasteiger partial charge in [0.15, 0.2) is 0 Å². The summed E-state index contributed by atoms with van der Waals surface area (Å²) >= 11 is 12.0. The summed E-state index contributed by atoms with van der Waals surface area (Å²) in [5, 5.41) is 3.80. The molecular weight excluding hydrogens is 291 g/mol. The Morgan fingerprint density at radius 1 is 1.11 bits per heavy atom. The van der Waals surface area contributed by atoms with E-state index in [9.17, 15) is 8.78 Å². The highest BCUT2D eigenvalue weighted by Crippen LogP contribution is 2.31. The van der Waals surface area contributed by atoms with Crippen molar-refractivity contribution in [3.8, 4) is 0 Å². The number of hydrogen-bond donors (Lipinski definition) is 1. The number of benzene rings is 2. The van der Waals surface area contributed by atoms with E-state index in [4.69, 9.17) is 23.2 Å². The molecule has 0 saturated heterocycles. The molecular formula is C14H11Cl2F2N. The van der Waals surface area contributed by atoms with E-state index in [1.807, 2.05) is 6.92 Å². The maximum atomic E-state index is 13.5. The van der Waals surface area contributed by atoms with Gasteiger partial charge in [-0.25, -0.2) is 8.78 Å². The summed E-state index contributed by atoms with van der Waals surface area (Å²) in [6.45, 7) is 1.82. The first-order valence-corrected chi connectivity index (χ1v) is 6.40. The van der Waals surface area contributed by atoms with E-state index >= 15 is 0 Å². The van der Waals surface area contributed by atoms with Crippen LogP contribution in [0.2, 0.25) is 10.0 Å². The number of halogens is 4. The molecule has 0 aliphatic heterocycles. The zero-order valence-electron chi connectivity index (χ0n) is 10.1. The molecule has 19 heavy (non-hydrogen) atoms. The molecule has 0 spiro atoms. The maximum absolute atomic E-state index is 13.5. The van der Waals surface area contributed by atoms with Gasteiger partial charge in [0.2, 0.25) is 0 Å². The fraction of sp³-hybridized carbons (Fsp3) is 0.143. The van der Waals surface area contributed by atoms with Crippen molar-refractivity contribution in [2.45, 2.75) is 13.0 Å². The van der Waals surface area contributed by atoms with Crippen LogP contribution in [0.4, 0.5) is 14.5 Å². The second kappa shape index (κ2) is 5.76. The van der Waals surface area contributed by atoms with Crippen LogP contribution in [-0.4, -0.2) is 0 Å². The van der Waals surface area contributed by atoms with Gasteiger partial charge in [0, 0.05) is 6.07 Å². The highest BCUT2D eigenvalue weighted by molar-refractivity contribution is 6.42. The molecule has 0 aromatic heterocycles. The Labute approximate surface area is 120 Å². The summed E-state index contributed by atoms with van der Waals surface area (Å²) in [5.41, 5.74) is 0.961. The minimum absolute atomic E-state index is 0.213. The third-order valence-corrected chi connectivity index (χ3v) is 3.58. The lowest BCUT2D eigenvalue weighted by atomic mass is 10.1. The molecule has 0 bridgehead atoms. The van der Waals surface area contributed by atoms with Crippen LogP contribution in [0.1, 0.15) is 18.5 Å². The van der Waals surface area contributed by atoms with Crippen LogP contribution in [0.5, 0.6) is 0 Å². The quantitative estimate of drug-likeness (QED) is 0.795. The zero-order valence-corrected chi connectivity index (χ0v) is 11.6. The van der Waals surface area contributed by atoms with Crippen molar-refractivity contribution in [2.24, 2.45) is 0 Å². The third-order valence-electron chi connectivity index (χ3n) is 2.75. The second-order valence-corrected chi connectivity index (χ2v) is 4.92. The normalized spacial score (nSPS) is 12.3. The van der Waals surface area contributed by atoms with Gasteiger partial charge in [0.25, 0.3) is 0 Å². The Morgan fingerprint density at radius 3 is 2.53 bits per heavy atom. The lowest BCUT2D eigenvalue weighted by Crippen LogP contribution is -2.08. The SMILES string of the molecule is CC(Nc1ccc(F)cc1F)c1cccc(Cl)c1Cl. The van der Waals surface area contributed by atoms with Gasteiger partial charge in [-0.2, -0.15) is 0 Å². The lowest BCUT2D eigenvalue weighted by Gasteiger charge is -2.18. The zero-order chi connectivity index (χ0) is 14.0. The Kier molecular flexibility index (Phi) is 4.27. The molecule has 1 nitrogen and oxygen atoms in total. The predicted octanol–water partition coefficient (Wildman–Crippen LogP) is 5.44. The minimum Gasteiger partial charge on any atom is -0.376 e. The first-order valence-electron chi connectivity index (χ1n) is 5.64. The van der Waals surface area contributed by atoms with Gasteiger partial charge < -0.3 is 5.32 Å². The number of rotatable bonds is 3. The van der Waals surface area contributed by atoms with E-state index in [1.54, 1.807) is 18.2 Å². The standard InChI is InChI=1S/C14H11Cl2F2N/c1-8(10-3-2-4-11(15)14(10)16)19-13-6-5-9(17)7-12(13)18/h2-8,19H,1H3. The van der Waals surface area contributed by atoms with Crippen LogP contribution in [0.3, 0.4) is 0 Å². The Balaban J connectivity index is 2.25. The summed E-state index contributed by atoms with van der Waals surface area (Å²) in [6, 6.07) is 8.35. The van der Waals surface area contributed by atoms with Crippen LogP contribution in [0.25, 0.3) is 0 Å². The molecule has 2 rings (SSSR count). The van der Waals surface area contributed by atoms with Crippen molar-refractivity contribution >= 4 is 28.9 Å². The first kappa shape index (κ1) is 14.1. The van der Waals surface area contributed by atoms with Gasteiger partial charge in [-0.3, -0.25) is 0 Å². The lowest BCUT2D eigenvalue weighted by molar-refractivity contribution is 0.584. The monoisotopic (exact) mass is 301 g/mol. The molecule has 0 fully saturated rings. The van der Waals surface area contributed by atoms with Gasteiger partial charge >= 0.3 is 0 Å². The Morgan fingerprint density at radius 2 is 1.84 bits per heavy atom. The number of hydrogen-bond acceptors (Lipinski definition) is 1. The minimum atomic E-state index is -0.648. The fourth-order valence-corrected chi connectivity index (χ4v) is 2.24. The van der Waals surface area contributed by atoms with Crippen molar-refractivity contribution in [3.63, 3.8) is 0 Å². The van der Waals surface area contributed by atoms with Crippen LogP contribution in [-0.2, 0) is 0 Å². The van der Waals surface area contributed by atoms with Crippen LogP contribution in [0.15, 0.2) is 36.4 Å². The van der Waals surface area contributed by atoms with E-state index in [2.05, 4.69) is 5.32 Å². The molecule has 0 saturated carbocycles. The molecule has 2 aromatic rings. The summed E-state index contributed by atoms with van der Waals surface area (Å²) < 4.78 is 26.4. The van der Waals surface area contributed by atoms with E-state index in [1.165, 1.54) is 12.1 Å². The Bertz CT molecular complexity index is 602. The van der Waals surface area contributed by atoms with E-state index in [0.717, 1.165) is 11.6 Å². The van der Waals surface area contributed by atoms with Gasteiger partial charge in [0.1, 0.15) is 11.6 Å². The average Bonchev–Trinajstić information content (AvgIpc) is 2.36. The molecule has 0 amide bonds. The molecule has 5 heteroatoms. The van der Waals surface area contributed by atoms with Crippen molar-refractivity contribution in [1.29, 1.82) is 0 Å². The van der Waals surface area contributed by atoms with Crippen LogP contribution in [0, 0.1) is 11.6 Å². The van der Waals surface area contributed by atoms with Crippen molar-refractivity contribution in [2.75, 3.05) is 5.32 Å². The highest BCUT2D eigenvalue weighted by Gasteiger charge is 2.13. The van der Waals surface area contributed by atoms with E-state index in [0.29, 0.717) is 10.0 Å². The molecule has 0 heterocycles. The molecule has 0 aliphatic rings. The first-order chi connectivity index (χ1) is 8.99. The van der Waals surface area contributed by atoms with E-state index < -0.39 is 11.6 Å². The molecule has 1 atom stereocenters. The molecule has 0 aliphatic carbocycles. The van der Waals surface area contributed by atoms with E-state index in [-0.39, 0.29) is 11.7 Å². The summed E-state index contributed by atoms with van der Waals surface area (Å²) in [6.07, 6.45) is 0. The number of nitrogens with one attached hydrogen (secondary N) is 1. The fourth-order valence-electron chi connectivity index (χ4n) is 1.77. The van der Waals surface area contributed by atoms with Crippen LogP contribution < -0.4 is 5.32 Å². The largest absolute Gasteiger partial charge is 0.376 e. The molecule has 1 N–H and O–H groups in total. The van der Waals surface area contributed by atoms with Gasteiger partial charge in [-0.1, -0.05) is 35.3 Å². The predicted molar refractivity (Wildman–Crippen MR) is 74.9 cm³/mol. The van der Waals surface area contributed by atoms with Crippen LogP contribution >= 0.6 is 23.2 Å². The molecule has 2 aromatic carbocycles. The molecule has 100 valence electrons. The smallest absolute Gasteiger partial charge is 0.149 e. The summed E-state index contributed by atoms with van der Waals surface area (Å²) in [7, 11) is 0. The topological polar surface area (TPSA) is 12.0 Å². The van der Waals surface area contributed by atoms with Crippen molar-refractivity contribution in [3.05, 3.63) is 63.6 Å². The maximum Gasteiger partial charge on any atom is 0.149 e. The molecule has 1 unspecified atom stereocenters. The van der Waals surface area contributed by atoms with Crippen molar-refractivity contribution < 1.29 is 8.78 Å². The highest BCUT2D eigenvalue weighted by atomic mass is 35.5. The van der Waals surface area contributed by atoms with Crippen molar-refractivity contribution in [1.82, 2.24) is 0 Å².